The van der Waals surface area contributed by atoms with Crippen molar-refractivity contribution in [3.63, 3.8) is 0 Å². The van der Waals surface area contributed by atoms with E-state index in [9.17, 15) is 4.79 Å². The molecule has 0 aliphatic heterocycles. The van der Waals surface area contributed by atoms with Crippen molar-refractivity contribution in [1.29, 1.82) is 5.41 Å². The van der Waals surface area contributed by atoms with Crippen molar-refractivity contribution >= 4 is 11.7 Å². The number of hydrogen-bond donors (Lipinski definition) is 1. The summed E-state index contributed by atoms with van der Waals surface area (Å²) in [7, 11) is 0. The smallest absolute Gasteiger partial charge is 0.343 e. The topological polar surface area (TPSA) is 50.1 Å². The molecule has 2 rings (SSSR count). The van der Waals surface area contributed by atoms with E-state index in [4.69, 9.17) is 10.1 Å². The Morgan fingerprint density at radius 3 is 2.33 bits per heavy atom. The number of carbonyl (C=O) groups is 1. The van der Waals surface area contributed by atoms with E-state index in [0.717, 1.165) is 24.0 Å². The van der Waals surface area contributed by atoms with E-state index in [1.54, 1.807) is 12.1 Å². The lowest BCUT2D eigenvalue weighted by atomic mass is 9.85. The summed E-state index contributed by atoms with van der Waals surface area (Å²) in [4.78, 5) is 12.5. The molecule has 0 amide bonds. The van der Waals surface area contributed by atoms with Crippen LogP contribution in [0.15, 0.2) is 48.5 Å². The fourth-order valence-corrected chi connectivity index (χ4v) is 2.92. The van der Waals surface area contributed by atoms with Gasteiger partial charge < -0.3 is 10.1 Å². The highest BCUT2D eigenvalue weighted by molar-refractivity contribution is 6.02. The first-order valence-corrected chi connectivity index (χ1v) is 9.82. The van der Waals surface area contributed by atoms with Crippen LogP contribution in [0.1, 0.15) is 81.3 Å². The van der Waals surface area contributed by atoms with Crippen LogP contribution >= 0.6 is 0 Å². The van der Waals surface area contributed by atoms with E-state index in [2.05, 4.69) is 27.7 Å². The molecule has 0 bridgehead atoms. The number of unbranched alkanes of at least 4 members (excludes halogenated alkanes) is 3. The van der Waals surface area contributed by atoms with Crippen molar-refractivity contribution in [2.24, 2.45) is 0 Å². The first-order chi connectivity index (χ1) is 12.8. The SMILES string of the molecule is CCCCCCC(=N)c1cc(C(C)(C)C)ccc1OC(=O)c1ccccc1. The Labute approximate surface area is 163 Å². The zero-order chi connectivity index (χ0) is 19.9. The molecular weight excluding hydrogens is 334 g/mol. The van der Waals surface area contributed by atoms with Crippen LogP contribution in [0, 0.1) is 5.41 Å². The summed E-state index contributed by atoms with van der Waals surface area (Å²) < 4.78 is 5.67. The molecule has 27 heavy (non-hydrogen) atoms. The van der Waals surface area contributed by atoms with Crippen molar-refractivity contribution in [1.82, 2.24) is 0 Å². The highest BCUT2D eigenvalue weighted by Crippen LogP contribution is 2.30. The van der Waals surface area contributed by atoms with Gasteiger partial charge in [-0.25, -0.2) is 4.79 Å². The van der Waals surface area contributed by atoms with Gasteiger partial charge in [0.1, 0.15) is 5.75 Å². The average molecular weight is 366 g/mol. The predicted molar refractivity (Wildman–Crippen MR) is 112 cm³/mol. The zero-order valence-electron chi connectivity index (χ0n) is 17.0. The van der Waals surface area contributed by atoms with Crippen molar-refractivity contribution in [3.8, 4) is 5.75 Å². The Morgan fingerprint density at radius 2 is 1.70 bits per heavy atom. The third-order valence-corrected chi connectivity index (χ3v) is 4.66. The van der Waals surface area contributed by atoms with Gasteiger partial charge >= 0.3 is 5.97 Å². The number of carbonyl (C=O) groups excluding carboxylic acids is 1. The van der Waals surface area contributed by atoms with E-state index >= 15 is 0 Å². The highest BCUT2D eigenvalue weighted by atomic mass is 16.5. The third kappa shape index (κ3) is 6.06. The zero-order valence-corrected chi connectivity index (χ0v) is 17.0. The van der Waals surface area contributed by atoms with Crippen LogP contribution in [-0.4, -0.2) is 11.7 Å². The second-order valence-electron chi connectivity index (χ2n) is 8.01. The van der Waals surface area contributed by atoms with Gasteiger partial charge in [0, 0.05) is 11.3 Å². The molecular formula is C24H31NO2. The molecule has 0 aliphatic rings. The molecule has 3 heteroatoms. The molecule has 0 atom stereocenters. The van der Waals surface area contributed by atoms with Crippen LogP contribution in [-0.2, 0) is 5.41 Å². The van der Waals surface area contributed by atoms with Gasteiger partial charge in [0.05, 0.1) is 5.56 Å². The van der Waals surface area contributed by atoms with Gasteiger partial charge in [0.15, 0.2) is 0 Å². The molecule has 0 aromatic heterocycles. The summed E-state index contributed by atoms with van der Waals surface area (Å²) in [6, 6.07) is 14.8. The average Bonchev–Trinajstić information content (AvgIpc) is 2.65. The fourth-order valence-electron chi connectivity index (χ4n) is 2.92. The van der Waals surface area contributed by atoms with Gasteiger partial charge in [-0.05, 0) is 48.1 Å². The molecule has 0 saturated heterocycles. The molecule has 144 valence electrons. The minimum atomic E-state index is -0.390. The van der Waals surface area contributed by atoms with Gasteiger partial charge in [-0.15, -0.1) is 0 Å². The summed E-state index contributed by atoms with van der Waals surface area (Å²) in [5, 5.41) is 8.56. The van der Waals surface area contributed by atoms with E-state index in [-0.39, 0.29) is 11.4 Å². The highest BCUT2D eigenvalue weighted by Gasteiger charge is 2.19. The van der Waals surface area contributed by atoms with E-state index < -0.39 is 0 Å². The Hall–Kier alpha value is -2.42. The largest absolute Gasteiger partial charge is 0.422 e. The summed E-state index contributed by atoms with van der Waals surface area (Å²) in [6.45, 7) is 8.62. The van der Waals surface area contributed by atoms with Gasteiger partial charge in [0.2, 0.25) is 0 Å². The van der Waals surface area contributed by atoms with Crippen LogP contribution in [0.4, 0.5) is 0 Å². The molecule has 0 fully saturated rings. The lowest BCUT2D eigenvalue weighted by Crippen LogP contribution is -2.15. The van der Waals surface area contributed by atoms with Crippen LogP contribution in [0.25, 0.3) is 0 Å². The predicted octanol–water partition coefficient (Wildman–Crippen LogP) is 6.54. The molecule has 0 radical (unpaired) electrons. The monoisotopic (exact) mass is 365 g/mol. The first kappa shape index (κ1) is 20.9. The molecule has 0 spiro atoms. The Bertz CT molecular complexity index is 773. The van der Waals surface area contributed by atoms with Crippen LogP contribution < -0.4 is 4.74 Å². The van der Waals surface area contributed by atoms with Gasteiger partial charge in [-0.1, -0.05) is 71.2 Å². The number of rotatable bonds is 8. The Morgan fingerprint density at radius 1 is 1.00 bits per heavy atom. The van der Waals surface area contributed by atoms with E-state index in [0.29, 0.717) is 23.4 Å². The maximum absolute atomic E-state index is 12.5. The number of esters is 1. The molecule has 1 N–H and O–H groups in total. The molecule has 0 saturated carbocycles. The maximum Gasteiger partial charge on any atom is 0.343 e. The summed E-state index contributed by atoms with van der Waals surface area (Å²) in [6.07, 6.45) is 5.16. The Kier molecular flexibility index (Phi) is 7.35. The van der Waals surface area contributed by atoms with Crippen molar-refractivity contribution in [3.05, 3.63) is 65.2 Å². The number of nitrogens with one attached hydrogen (secondary N) is 1. The summed E-state index contributed by atoms with van der Waals surface area (Å²) in [5.74, 6) is 0.0801. The van der Waals surface area contributed by atoms with Crippen molar-refractivity contribution in [2.45, 2.75) is 65.2 Å². The van der Waals surface area contributed by atoms with Crippen LogP contribution in [0.3, 0.4) is 0 Å². The lowest BCUT2D eigenvalue weighted by molar-refractivity contribution is 0.0734. The van der Waals surface area contributed by atoms with Gasteiger partial charge in [0.25, 0.3) is 0 Å². The normalized spacial score (nSPS) is 11.3. The maximum atomic E-state index is 12.5. The van der Waals surface area contributed by atoms with Gasteiger partial charge in [-0.2, -0.15) is 0 Å². The molecule has 0 aliphatic carbocycles. The standard InChI is InChI=1S/C24H31NO2/c1-5-6-7-11-14-21(25)20-17-19(24(2,3)4)15-16-22(20)27-23(26)18-12-9-8-10-13-18/h8-10,12-13,15-17,25H,5-7,11,14H2,1-4H3. The molecule has 3 nitrogen and oxygen atoms in total. The molecule has 2 aromatic carbocycles. The van der Waals surface area contributed by atoms with Crippen molar-refractivity contribution < 1.29 is 9.53 Å². The summed E-state index contributed by atoms with van der Waals surface area (Å²) in [5.41, 5.74) is 2.88. The number of benzene rings is 2. The van der Waals surface area contributed by atoms with Crippen LogP contribution in [0.5, 0.6) is 5.75 Å². The second kappa shape index (κ2) is 9.50. The van der Waals surface area contributed by atoms with Gasteiger partial charge in [-0.3, -0.25) is 0 Å². The molecule has 0 unspecified atom stereocenters. The minimum absolute atomic E-state index is 0.0286. The molecule has 2 aromatic rings. The number of hydrogen-bond acceptors (Lipinski definition) is 3. The van der Waals surface area contributed by atoms with Crippen LogP contribution in [0.2, 0.25) is 0 Å². The minimum Gasteiger partial charge on any atom is -0.422 e. The second-order valence-corrected chi connectivity index (χ2v) is 8.01. The number of ether oxygens (including phenoxy) is 1. The quantitative estimate of drug-likeness (QED) is 0.250. The lowest BCUT2D eigenvalue weighted by Gasteiger charge is -2.21. The van der Waals surface area contributed by atoms with E-state index in [1.165, 1.54) is 12.8 Å². The summed E-state index contributed by atoms with van der Waals surface area (Å²) >= 11 is 0. The van der Waals surface area contributed by atoms with Crippen molar-refractivity contribution in [2.75, 3.05) is 0 Å². The molecule has 0 heterocycles. The third-order valence-electron chi connectivity index (χ3n) is 4.66. The first-order valence-electron chi connectivity index (χ1n) is 9.82. The Balaban J connectivity index is 2.26. The van der Waals surface area contributed by atoms with E-state index in [1.807, 2.05) is 36.4 Å². The fraction of sp³-hybridized carbons (Fsp3) is 0.417.